The maximum atomic E-state index is 6.28. The third-order valence-corrected chi connectivity index (χ3v) is 4.90. The van der Waals surface area contributed by atoms with Crippen LogP contribution in [0.2, 0.25) is 0 Å². The Balaban J connectivity index is 6.05. The number of methoxy groups -OCH3 is 2. The number of allylic oxidation sites excluding steroid dienone is 2. The molecule has 2 atom stereocenters. The molecule has 0 spiro atoms. The van der Waals surface area contributed by atoms with Crippen molar-refractivity contribution in [1.82, 2.24) is 0 Å². The highest BCUT2D eigenvalue weighted by Gasteiger charge is 2.30. The molecule has 0 N–H and O–H groups in total. The average Bonchev–Trinajstić information content (AvgIpc) is 2.82. The summed E-state index contributed by atoms with van der Waals surface area (Å²) in [6.07, 6.45) is 6.37. The van der Waals surface area contributed by atoms with Crippen LogP contribution in [-0.4, -0.2) is 53.2 Å². The van der Waals surface area contributed by atoms with Crippen LogP contribution in [0.5, 0.6) is 0 Å². The van der Waals surface area contributed by atoms with Gasteiger partial charge in [-0.15, -0.1) is 0 Å². The van der Waals surface area contributed by atoms with Crippen LogP contribution in [0, 0.1) is 0 Å². The van der Waals surface area contributed by atoms with E-state index in [-0.39, 0.29) is 0 Å². The van der Waals surface area contributed by atoms with E-state index in [4.69, 9.17) is 33.2 Å². The van der Waals surface area contributed by atoms with Gasteiger partial charge in [0.25, 0.3) is 0 Å². The number of rotatable bonds is 22. The molecule has 0 amide bonds. The fourth-order valence-corrected chi connectivity index (χ4v) is 3.38. The summed E-state index contributed by atoms with van der Waals surface area (Å²) < 4.78 is 41.5. The van der Waals surface area contributed by atoms with E-state index < -0.39 is 12.6 Å². The third kappa shape index (κ3) is 12.6. The van der Waals surface area contributed by atoms with Crippen LogP contribution < -0.4 is 0 Å². The van der Waals surface area contributed by atoms with E-state index in [1.807, 2.05) is 27.7 Å². The highest BCUT2D eigenvalue weighted by molar-refractivity contribution is 5.09. The molecule has 0 fully saturated rings. The highest BCUT2D eigenvalue weighted by Crippen LogP contribution is 2.27. The summed E-state index contributed by atoms with van der Waals surface area (Å²) in [6, 6.07) is 0. The summed E-state index contributed by atoms with van der Waals surface area (Å²) >= 11 is 0. The summed E-state index contributed by atoms with van der Waals surface area (Å²) in [5.74, 6) is 2.59. The molecule has 0 aromatic rings. The number of hydrogen-bond acceptors (Lipinski definition) is 7. The van der Waals surface area contributed by atoms with Crippen molar-refractivity contribution in [1.29, 1.82) is 0 Å². The van der Waals surface area contributed by atoms with Gasteiger partial charge in [-0.1, -0.05) is 39.5 Å². The normalized spacial score (nSPS) is 14.8. The molecule has 2 unspecified atom stereocenters. The fraction of sp³-hybridized carbons (Fsp3) is 0.846. The van der Waals surface area contributed by atoms with Crippen molar-refractivity contribution in [3.8, 4) is 0 Å². The first-order valence-corrected chi connectivity index (χ1v) is 12.8. The molecule has 7 nitrogen and oxygen atoms in total. The minimum absolute atomic E-state index is 0.468. The van der Waals surface area contributed by atoms with Crippen LogP contribution in [0.25, 0.3) is 0 Å². The molecular weight excluding hydrogens is 424 g/mol. The Morgan fingerprint density at radius 1 is 0.515 bits per heavy atom. The van der Waals surface area contributed by atoms with Crippen molar-refractivity contribution >= 4 is 0 Å². The Labute approximate surface area is 202 Å². The monoisotopic (exact) mass is 474 g/mol. The Morgan fingerprint density at radius 3 is 1.15 bits per heavy atom. The van der Waals surface area contributed by atoms with Gasteiger partial charge in [0.15, 0.2) is 11.5 Å². The Morgan fingerprint density at radius 2 is 0.879 bits per heavy atom. The molecule has 0 aliphatic carbocycles. The van der Waals surface area contributed by atoms with Crippen LogP contribution >= 0.6 is 0 Å². The minimum atomic E-state index is -0.813. The molecule has 0 aliphatic rings. The van der Waals surface area contributed by atoms with Gasteiger partial charge in [0.2, 0.25) is 12.6 Å². The predicted molar refractivity (Wildman–Crippen MR) is 132 cm³/mol. The summed E-state index contributed by atoms with van der Waals surface area (Å²) in [4.78, 5) is 0. The second-order valence-corrected chi connectivity index (χ2v) is 7.49. The van der Waals surface area contributed by atoms with Crippen molar-refractivity contribution in [2.75, 3.05) is 40.6 Å². The zero-order valence-electron chi connectivity index (χ0n) is 22.5. The van der Waals surface area contributed by atoms with E-state index >= 15 is 0 Å². The quantitative estimate of drug-likeness (QED) is 0.0985. The lowest BCUT2D eigenvalue weighted by atomic mass is 10.1. The van der Waals surface area contributed by atoms with Gasteiger partial charge >= 0.3 is 0 Å². The SMILES string of the molecule is CCCCCC(OCC)=C(OCC)C(OC)OC(OC)C(OCC)=C(CCCCC)OCC. The van der Waals surface area contributed by atoms with Gasteiger partial charge in [-0.05, 0) is 40.5 Å². The lowest BCUT2D eigenvalue weighted by molar-refractivity contribution is -0.226. The van der Waals surface area contributed by atoms with Gasteiger partial charge in [0.1, 0.15) is 11.5 Å². The molecule has 0 aromatic carbocycles. The lowest BCUT2D eigenvalue weighted by Crippen LogP contribution is -2.32. The van der Waals surface area contributed by atoms with Crippen LogP contribution in [0.1, 0.15) is 92.9 Å². The largest absolute Gasteiger partial charge is 0.495 e. The van der Waals surface area contributed by atoms with Gasteiger partial charge < -0.3 is 33.2 Å². The molecule has 196 valence electrons. The van der Waals surface area contributed by atoms with Crippen LogP contribution in [0.4, 0.5) is 0 Å². The second kappa shape index (κ2) is 21.1. The average molecular weight is 475 g/mol. The lowest BCUT2D eigenvalue weighted by Gasteiger charge is -2.28. The molecule has 0 heterocycles. The van der Waals surface area contributed by atoms with Gasteiger partial charge in [-0.3, -0.25) is 0 Å². The first-order valence-electron chi connectivity index (χ1n) is 12.8. The number of unbranched alkanes of at least 4 members (excludes halogenated alkanes) is 4. The smallest absolute Gasteiger partial charge is 0.222 e. The summed E-state index contributed by atoms with van der Waals surface area (Å²) in [7, 11) is 3.17. The molecular formula is C26H50O7. The molecule has 0 saturated heterocycles. The Kier molecular flexibility index (Phi) is 20.2. The maximum absolute atomic E-state index is 6.28. The van der Waals surface area contributed by atoms with E-state index in [0.717, 1.165) is 62.9 Å². The second-order valence-electron chi connectivity index (χ2n) is 7.49. The summed E-state index contributed by atoms with van der Waals surface area (Å²) in [5.41, 5.74) is 0. The van der Waals surface area contributed by atoms with Gasteiger partial charge in [-0.2, -0.15) is 0 Å². The molecule has 0 rings (SSSR count). The van der Waals surface area contributed by atoms with E-state index in [9.17, 15) is 0 Å². The van der Waals surface area contributed by atoms with Crippen molar-refractivity contribution in [2.45, 2.75) is 105 Å². The van der Waals surface area contributed by atoms with Crippen LogP contribution in [0.3, 0.4) is 0 Å². The fourth-order valence-electron chi connectivity index (χ4n) is 3.38. The van der Waals surface area contributed by atoms with E-state index in [1.54, 1.807) is 14.2 Å². The molecule has 0 bridgehead atoms. The zero-order chi connectivity index (χ0) is 24.9. The topological polar surface area (TPSA) is 64.6 Å². The first-order chi connectivity index (χ1) is 16.1. The molecule has 0 aromatic heterocycles. The van der Waals surface area contributed by atoms with E-state index in [0.29, 0.717) is 37.9 Å². The standard InChI is InChI=1S/C26H50O7/c1-9-15-17-19-21(29-11-3)23(31-13-5)25(27-7)33-26(28-8)24(32-14-6)22(30-12-4)20-18-16-10-2/h25-26H,9-20H2,1-8H3. The van der Waals surface area contributed by atoms with Crippen molar-refractivity contribution in [3.63, 3.8) is 0 Å². The van der Waals surface area contributed by atoms with E-state index in [1.165, 1.54) is 0 Å². The van der Waals surface area contributed by atoms with Gasteiger partial charge in [0, 0.05) is 27.1 Å². The van der Waals surface area contributed by atoms with Gasteiger partial charge in [0.05, 0.1) is 26.4 Å². The molecule has 0 aliphatic heterocycles. The van der Waals surface area contributed by atoms with Crippen molar-refractivity contribution in [3.05, 3.63) is 23.0 Å². The Bertz CT molecular complexity index is 485. The number of ether oxygens (including phenoxy) is 7. The highest BCUT2D eigenvalue weighted by atomic mass is 16.8. The third-order valence-electron chi connectivity index (χ3n) is 4.90. The van der Waals surface area contributed by atoms with Crippen molar-refractivity contribution < 1.29 is 33.2 Å². The Hall–Kier alpha value is -1.44. The number of hydrogen-bond donors (Lipinski definition) is 0. The molecule has 0 radical (unpaired) electrons. The zero-order valence-corrected chi connectivity index (χ0v) is 22.5. The first kappa shape index (κ1) is 31.6. The van der Waals surface area contributed by atoms with Crippen LogP contribution in [-0.2, 0) is 33.2 Å². The predicted octanol–water partition coefficient (Wildman–Crippen LogP) is 6.68. The maximum Gasteiger partial charge on any atom is 0.222 e. The minimum Gasteiger partial charge on any atom is -0.495 e. The van der Waals surface area contributed by atoms with E-state index in [2.05, 4.69) is 13.8 Å². The van der Waals surface area contributed by atoms with Crippen molar-refractivity contribution in [2.24, 2.45) is 0 Å². The summed E-state index contributed by atoms with van der Waals surface area (Å²) in [6.45, 7) is 14.2. The van der Waals surface area contributed by atoms with Gasteiger partial charge in [-0.25, -0.2) is 0 Å². The summed E-state index contributed by atoms with van der Waals surface area (Å²) in [5, 5.41) is 0. The molecule has 0 saturated carbocycles. The molecule has 7 heteroatoms. The van der Waals surface area contributed by atoms with Crippen LogP contribution in [0.15, 0.2) is 23.0 Å². The molecule has 33 heavy (non-hydrogen) atoms.